The van der Waals surface area contributed by atoms with Crippen LogP contribution >= 0.6 is 11.8 Å². The molecule has 1 fully saturated rings. The van der Waals surface area contributed by atoms with Gasteiger partial charge in [0.15, 0.2) is 5.82 Å². The number of hydrogen-bond acceptors (Lipinski definition) is 5. The summed E-state index contributed by atoms with van der Waals surface area (Å²) in [4.78, 5) is 11.4. The molecular formula is C13H19N3O2S. The molecule has 0 saturated carbocycles. The molecule has 2 heterocycles. The van der Waals surface area contributed by atoms with Crippen LogP contribution < -0.4 is 5.32 Å². The second-order valence-corrected chi connectivity index (χ2v) is 6.88. The van der Waals surface area contributed by atoms with E-state index in [1.807, 2.05) is 11.8 Å². The lowest BCUT2D eigenvalue weighted by Gasteiger charge is -2.23. The summed E-state index contributed by atoms with van der Waals surface area (Å²) in [5, 5.41) is 20.5. The van der Waals surface area contributed by atoms with Gasteiger partial charge in [0.2, 0.25) is 0 Å². The van der Waals surface area contributed by atoms with Crippen LogP contribution in [0.5, 0.6) is 0 Å². The van der Waals surface area contributed by atoms with E-state index in [4.69, 9.17) is 0 Å². The molecular weight excluding hydrogens is 262 g/mol. The monoisotopic (exact) mass is 281 g/mol. The van der Waals surface area contributed by atoms with Crippen molar-refractivity contribution in [3.63, 3.8) is 0 Å². The van der Waals surface area contributed by atoms with Crippen molar-refractivity contribution in [1.29, 1.82) is 0 Å². The number of carboxylic acids is 1. The van der Waals surface area contributed by atoms with E-state index in [2.05, 4.69) is 22.4 Å². The van der Waals surface area contributed by atoms with Crippen molar-refractivity contribution >= 4 is 23.5 Å². The second-order valence-electron chi connectivity index (χ2n) is 5.19. The first-order valence-corrected chi connectivity index (χ1v) is 7.36. The first-order valence-electron chi connectivity index (χ1n) is 6.38. The topological polar surface area (TPSA) is 75.1 Å². The van der Waals surface area contributed by atoms with Gasteiger partial charge < -0.3 is 10.4 Å². The highest BCUT2D eigenvalue weighted by molar-refractivity contribution is 8.00. The highest BCUT2D eigenvalue weighted by atomic mass is 32.2. The van der Waals surface area contributed by atoms with Crippen molar-refractivity contribution < 1.29 is 9.90 Å². The predicted octanol–water partition coefficient (Wildman–Crippen LogP) is 2.49. The summed E-state index contributed by atoms with van der Waals surface area (Å²) in [6.07, 6.45) is 2.36. The molecule has 1 aliphatic heterocycles. The maximum absolute atomic E-state index is 11.4. The largest absolute Gasteiger partial charge is 0.478 e. The van der Waals surface area contributed by atoms with Crippen molar-refractivity contribution in [2.24, 2.45) is 0 Å². The number of aromatic carboxylic acids is 1. The molecule has 1 saturated heterocycles. The minimum atomic E-state index is -0.956. The molecule has 2 rings (SSSR count). The molecule has 6 heteroatoms. The zero-order valence-electron chi connectivity index (χ0n) is 11.5. The number of thioether (sulfide) groups is 1. The summed E-state index contributed by atoms with van der Waals surface area (Å²) in [5.41, 5.74) is 1.57. The van der Waals surface area contributed by atoms with Crippen LogP contribution in [0.1, 0.15) is 41.4 Å². The summed E-state index contributed by atoms with van der Waals surface area (Å²) in [7, 11) is 0. The van der Waals surface area contributed by atoms with Gasteiger partial charge in [-0.2, -0.15) is 16.9 Å². The molecule has 1 aromatic heterocycles. The van der Waals surface area contributed by atoms with Crippen LogP contribution in [0, 0.1) is 13.8 Å². The molecule has 0 amide bonds. The van der Waals surface area contributed by atoms with Crippen LogP contribution in [-0.2, 0) is 0 Å². The van der Waals surface area contributed by atoms with Gasteiger partial charge in [-0.3, -0.25) is 0 Å². The fourth-order valence-corrected chi connectivity index (χ4v) is 3.49. The van der Waals surface area contributed by atoms with E-state index in [-0.39, 0.29) is 10.3 Å². The quantitative estimate of drug-likeness (QED) is 0.883. The summed E-state index contributed by atoms with van der Waals surface area (Å²) >= 11 is 1.93. The van der Waals surface area contributed by atoms with Gasteiger partial charge in [-0.05, 0) is 44.9 Å². The molecule has 0 aliphatic carbocycles. The van der Waals surface area contributed by atoms with Gasteiger partial charge in [0, 0.05) is 11.3 Å². The Labute approximate surface area is 117 Å². The molecule has 1 aliphatic rings. The fraction of sp³-hybridized carbons (Fsp3) is 0.615. The van der Waals surface area contributed by atoms with Crippen molar-refractivity contribution in [3.8, 4) is 0 Å². The lowest BCUT2D eigenvalue weighted by Crippen LogP contribution is -2.28. The molecule has 2 N–H and O–H groups in total. The smallest absolute Gasteiger partial charge is 0.339 e. The Hall–Kier alpha value is -1.30. The van der Waals surface area contributed by atoms with Crippen molar-refractivity contribution in [3.05, 3.63) is 16.8 Å². The Balaban J connectivity index is 2.20. The van der Waals surface area contributed by atoms with Gasteiger partial charge in [-0.25, -0.2) is 4.79 Å². The minimum Gasteiger partial charge on any atom is -0.478 e. The number of nitrogens with one attached hydrogen (secondary N) is 1. The Morgan fingerprint density at radius 3 is 2.79 bits per heavy atom. The van der Waals surface area contributed by atoms with E-state index < -0.39 is 5.97 Å². The third-order valence-corrected chi connectivity index (χ3v) is 5.14. The third kappa shape index (κ3) is 3.00. The van der Waals surface area contributed by atoms with Gasteiger partial charge in [0.25, 0.3) is 0 Å². The SMILES string of the molecule is Cc1nnc(NCC2(C)CCCS2)c(C(=O)O)c1C. The number of nitrogens with zero attached hydrogens (tertiary/aromatic N) is 2. The number of anilines is 1. The Morgan fingerprint density at radius 2 is 2.21 bits per heavy atom. The van der Waals surface area contributed by atoms with Crippen LogP contribution in [0.3, 0.4) is 0 Å². The molecule has 0 bridgehead atoms. The number of aromatic nitrogens is 2. The maximum atomic E-state index is 11.4. The number of rotatable bonds is 4. The number of carboxylic acid groups (broad SMARTS) is 1. The minimum absolute atomic E-state index is 0.163. The van der Waals surface area contributed by atoms with Gasteiger partial charge >= 0.3 is 5.97 Å². The fourth-order valence-electron chi connectivity index (χ4n) is 2.24. The van der Waals surface area contributed by atoms with Gasteiger partial charge in [0.05, 0.1) is 5.69 Å². The molecule has 104 valence electrons. The van der Waals surface area contributed by atoms with Gasteiger partial charge in [-0.15, -0.1) is 5.10 Å². The van der Waals surface area contributed by atoms with Crippen LogP contribution in [0.4, 0.5) is 5.82 Å². The molecule has 5 nitrogen and oxygen atoms in total. The Morgan fingerprint density at radius 1 is 1.47 bits per heavy atom. The molecule has 19 heavy (non-hydrogen) atoms. The van der Waals surface area contributed by atoms with Crippen LogP contribution in [-0.4, -0.2) is 38.3 Å². The average Bonchev–Trinajstić information content (AvgIpc) is 2.78. The number of carbonyl (C=O) groups is 1. The molecule has 1 atom stereocenters. The maximum Gasteiger partial charge on any atom is 0.339 e. The summed E-state index contributed by atoms with van der Waals surface area (Å²) in [5.74, 6) is 0.592. The Bertz CT molecular complexity index is 499. The third-order valence-electron chi connectivity index (χ3n) is 3.60. The number of hydrogen-bond donors (Lipinski definition) is 2. The second kappa shape index (κ2) is 5.36. The summed E-state index contributed by atoms with van der Waals surface area (Å²) in [6.45, 7) is 6.46. The van der Waals surface area contributed by atoms with E-state index in [1.165, 1.54) is 12.2 Å². The van der Waals surface area contributed by atoms with Crippen molar-refractivity contribution in [1.82, 2.24) is 10.2 Å². The van der Waals surface area contributed by atoms with Gasteiger partial charge in [0.1, 0.15) is 5.56 Å². The first-order chi connectivity index (χ1) is 8.93. The average molecular weight is 281 g/mol. The van der Waals surface area contributed by atoms with E-state index in [0.29, 0.717) is 17.1 Å². The van der Waals surface area contributed by atoms with E-state index in [9.17, 15) is 9.90 Å². The molecule has 0 radical (unpaired) electrons. The van der Waals surface area contributed by atoms with E-state index >= 15 is 0 Å². The Kier molecular flexibility index (Phi) is 3.99. The normalized spacial score (nSPS) is 22.5. The molecule has 0 spiro atoms. The predicted molar refractivity (Wildman–Crippen MR) is 77.1 cm³/mol. The van der Waals surface area contributed by atoms with Crippen LogP contribution in [0.25, 0.3) is 0 Å². The standard InChI is InChI=1S/C13H19N3O2S/c1-8-9(2)15-16-11(10(8)12(17)18)14-7-13(3)5-4-6-19-13/h4-7H2,1-3H3,(H,14,16)(H,17,18). The van der Waals surface area contributed by atoms with Crippen molar-refractivity contribution in [2.75, 3.05) is 17.6 Å². The zero-order chi connectivity index (χ0) is 14.0. The van der Waals surface area contributed by atoms with Crippen LogP contribution in [0.2, 0.25) is 0 Å². The van der Waals surface area contributed by atoms with E-state index in [0.717, 1.165) is 13.0 Å². The zero-order valence-corrected chi connectivity index (χ0v) is 12.3. The first kappa shape index (κ1) is 14.1. The molecule has 1 aromatic rings. The van der Waals surface area contributed by atoms with Gasteiger partial charge in [-0.1, -0.05) is 0 Å². The highest BCUT2D eigenvalue weighted by Crippen LogP contribution is 2.37. The van der Waals surface area contributed by atoms with Crippen molar-refractivity contribution in [2.45, 2.75) is 38.4 Å². The lowest BCUT2D eigenvalue weighted by atomic mass is 10.1. The summed E-state index contributed by atoms with van der Waals surface area (Å²) in [6, 6.07) is 0. The van der Waals surface area contributed by atoms with Crippen LogP contribution in [0.15, 0.2) is 0 Å². The number of aryl methyl sites for hydroxylation is 1. The molecule has 1 unspecified atom stereocenters. The lowest BCUT2D eigenvalue weighted by molar-refractivity contribution is 0.0696. The molecule has 0 aromatic carbocycles. The summed E-state index contributed by atoms with van der Waals surface area (Å²) < 4.78 is 0.163. The highest BCUT2D eigenvalue weighted by Gasteiger charge is 2.30. The van der Waals surface area contributed by atoms with E-state index in [1.54, 1.807) is 13.8 Å².